The van der Waals surface area contributed by atoms with Crippen molar-refractivity contribution in [2.45, 2.75) is 0 Å². The van der Waals surface area contributed by atoms with Gasteiger partial charge in [0.2, 0.25) is 0 Å². The minimum absolute atomic E-state index is 0.163. The number of aromatic nitrogens is 3. The fourth-order valence-corrected chi connectivity index (χ4v) is 1.77. The second-order valence-electron chi connectivity index (χ2n) is 3.91. The number of nitrogens with two attached hydrogens (primary N) is 1. The van der Waals surface area contributed by atoms with Gasteiger partial charge in [0.15, 0.2) is 11.5 Å². The number of pyridine rings is 1. The smallest absolute Gasteiger partial charge is 0.273 e. The maximum absolute atomic E-state index is 11.7. The third-order valence-corrected chi connectivity index (χ3v) is 2.73. The number of hydrogen-bond acceptors (Lipinski definition) is 4. The molecule has 0 aliphatic rings. The third-order valence-electron chi connectivity index (χ3n) is 2.29. The Kier molecular flexibility index (Phi) is 3.33. The van der Waals surface area contributed by atoms with Crippen LogP contribution in [0.15, 0.2) is 29.0 Å². The van der Waals surface area contributed by atoms with Crippen LogP contribution in [0.1, 0.15) is 10.5 Å². The Morgan fingerprint density at radius 3 is 2.83 bits per heavy atom. The van der Waals surface area contributed by atoms with Crippen LogP contribution in [-0.4, -0.2) is 39.7 Å². The van der Waals surface area contributed by atoms with Gasteiger partial charge in [0.25, 0.3) is 5.91 Å². The monoisotopic (exact) mass is 309 g/mol. The number of nitrogen functional groups attached to an aromatic ring is 1. The first-order valence-electron chi connectivity index (χ1n) is 5.18. The topological polar surface area (TPSA) is 77.0 Å². The van der Waals surface area contributed by atoms with Gasteiger partial charge in [-0.25, -0.2) is 9.67 Å². The molecule has 0 radical (unpaired) electrons. The maximum atomic E-state index is 11.7. The Labute approximate surface area is 113 Å². The SMILES string of the molecule is CN(C)C(=O)c1ccn(-c2ncc(Br)cc2N)n1. The molecule has 0 fully saturated rings. The largest absolute Gasteiger partial charge is 0.396 e. The molecule has 2 heterocycles. The van der Waals surface area contributed by atoms with Crippen molar-refractivity contribution in [2.75, 3.05) is 19.8 Å². The minimum atomic E-state index is -0.163. The summed E-state index contributed by atoms with van der Waals surface area (Å²) in [5.41, 5.74) is 6.68. The van der Waals surface area contributed by atoms with E-state index in [9.17, 15) is 4.79 Å². The first-order valence-corrected chi connectivity index (χ1v) is 5.97. The van der Waals surface area contributed by atoms with E-state index in [2.05, 4.69) is 26.0 Å². The number of anilines is 1. The van der Waals surface area contributed by atoms with E-state index >= 15 is 0 Å². The summed E-state index contributed by atoms with van der Waals surface area (Å²) in [5, 5.41) is 4.16. The molecule has 2 rings (SSSR count). The van der Waals surface area contributed by atoms with Crippen LogP contribution in [0.5, 0.6) is 0 Å². The summed E-state index contributed by atoms with van der Waals surface area (Å²) in [6.07, 6.45) is 3.28. The highest BCUT2D eigenvalue weighted by Gasteiger charge is 2.13. The van der Waals surface area contributed by atoms with Crippen molar-refractivity contribution < 1.29 is 4.79 Å². The highest BCUT2D eigenvalue weighted by atomic mass is 79.9. The molecule has 0 unspecified atom stereocenters. The van der Waals surface area contributed by atoms with E-state index in [1.165, 1.54) is 9.58 Å². The van der Waals surface area contributed by atoms with E-state index in [0.29, 0.717) is 17.2 Å². The summed E-state index contributed by atoms with van der Waals surface area (Å²) in [6, 6.07) is 3.36. The summed E-state index contributed by atoms with van der Waals surface area (Å²) in [4.78, 5) is 17.4. The fraction of sp³-hybridized carbons (Fsp3) is 0.182. The number of halogens is 1. The van der Waals surface area contributed by atoms with Gasteiger partial charge in [-0.2, -0.15) is 5.10 Å². The Morgan fingerprint density at radius 1 is 1.50 bits per heavy atom. The molecule has 2 aromatic rings. The Hall–Kier alpha value is -1.89. The van der Waals surface area contributed by atoms with Crippen LogP contribution in [0.3, 0.4) is 0 Å². The zero-order chi connectivity index (χ0) is 13.3. The standard InChI is InChI=1S/C11H12BrN5O/c1-16(2)11(18)9-3-4-17(15-9)10-8(13)5-7(12)6-14-10/h3-6H,13H2,1-2H3. The molecule has 0 aliphatic heterocycles. The van der Waals surface area contributed by atoms with E-state index in [1.807, 2.05) is 0 Å². The van der Waals surface area contributed by atoms with Gasteiger partial charge in [0.05, 0.1) is 5.69 Å². The highest BCUT2D eigenvalue weighted by molar-refractivity contribution is 9.10. The molecule has 94 valence electrons. The van der Waals surface area contributed by atoms with Gasteiger partial charge in [-0.1, -0.05) is 0 Å². The average Bonchev–Trinajstić information content (AvgIpc) is 2.77. The van der Waals surface area contributed by atoms with Crippen molar-refractivity contribution >= 4 is 27.5 Å². The van der Waals surface area contributed by atoms with E-state index in [1.54, 1.807) is 38.6 Å². The molecular weight excluding hydrogens is 298 g/mol. The molecular formula is C11H12BrN5O. The molecule has 2 N–H and O–H groups in total. The van der Waals surface area contributed by atoms with Gasteiger partial charge in [0, 0.05) is 31.0 Å². The molecule has 0 spiro atoms. The van der Waals surface area contributed by atoms with E-state index < -0.39 is 0 Å². The van der Waals surface area contributed by atoms with Gasteiger partial charge in [-0.3, -0.25) is 4.79 Å². The van der Waals surface area contributed by atoms with Crippen LogP contribution in [0.25, 0.3) is 5.82 Å². The number of carbonyl (C=O) groups is 1. The molecule has 0 aliphatic carbocycles. The van der Waals surface area contributed by atoms with Gasteiger partial charge in [0.1, 0.15) is 0 Å². The third kappa shape index (κ3) is 2.35. The summed E-state index contributed by atoms with van der Waals surface area (Å²) in [7, 11) is 3.35. The fourth-order valence-electron chi connectivity index (χ4n) is 1.42. The van der Waals surface area contributed by atoms with Crippen LogP contribution >= 0.6 is 15.9 Å². The van der Waals surface area contributed by atoms with E-state index in [-0.39, 0.29) is 5.91 Å². The number of carbonyl (C=O) groups excluding carboxylic acids is 1. The molecule has 0 aromatic carbocycles. The van der Waals surface area contributed by atoms with Gasteiger partial charge < -0.3 is 10.6 Å². The summed E-state index contributed by atoms with van der Waals surface area (Å²) >= 11 is 3.28. The Balaban J connectivity index is 2.38. The van der Waals surface area contributed by atoms with Crippen LogP contribution in [0.4, 0.5) is 5.69 Å². The number of rotatable bonds is 2. The number of hydrogen-bond donors (Lipinski definition) is 1. The lowest BCUT2D eigenvalue weighted by Gasteiger charge is -2.07. The van der Waals surface area contributed by atoms with Gasteiger partial charge in [-0.05, 0) is 28.1 Å². The van der Waals surface area contributed by atoms with Gasteiger partial charge in [-0.15, -0.1) is 0 Å². The quantitative estimate of drug-likeness (QED) is 0.907. The average molecular weight is 310 g/mol. The van der Waals surface area contributed by atoms with Crippen molar-refractivity contribution in [1.82, 2.24) is 19.7 Å². The molecule has 18 heavy (non-hydrogen) atoms. The molecule has 0 saturated carbocycles. The second-order valence-corrected chi connectivity index (χ2v) is 4.83. The normalized spacial score (nSPS) is 10.4. The molecule has 7 heteroatoms. The Bertz CT molecular complexity index is 593. The van der Waals surface area contributed by atoms with Crippen molar-refractivity contribution in [1.29, 1.82) is 0 Å². The van der Waals surface area contributed by atoms with Crippen molar-refractivity contribution in [3.05, 3.63) is 34.7 Å². The van der Waals surface area contributed by atoms with E-state index in [0.717, 1.165) is 4.47 Å². The summed E-state index contributed by atoms with van der Waals surface area (Å²) in [6.45, 7) is 0. The first-order chi connectivity index (χ1) is 8.49. The van der Waals surface area contributed by atoms with Crippen LogP contribution in [0, 0.1) is 0 Å². The highest BCUT2D eigenvalue weighted by Crippen LogP contribution is 2.18. The molecule has 6 nitrogen and oxygen atoms in total. The predicted octanol–water partition coefficient (Wildman–Crippen LogP) is 1.31. The molecule has 0 saturated heterocycles. The van der Waals surface area contributed by atoms with Crippen LogP contribution in [-0.2, 0) is 0 Å². The van der Waals surface area contributed by atoms with Crippen LogP contribution < -0.4 is 5.73 Å². The Morgan fingerprint density at radius 2 is 2.22 bits per heavy atom. The van der Waals surface area contributed by atoms with Crippen LogP contribution in [0.2, 0.25) is 0 Å². The molecule has 0 atom stereocenters. The lowest BCUT2D eigenvalue weighted by Crippen LogP contribution is -2.22. The van der Waals surface area contributed by atoms with Crippen molar-refractivity contribution in [2.24, 2.45) is 0 Å². The van der Waals surface area contributed by atoms with Crippen molar-refractivity contribution in [3.63, 3.8) is 0 Å². The second kappa shape index (κ2) is 4.77. The zero-order valence-electron chi connectivity index (χ0n) is 9.96. The zero-order valence-corrected chi connectivity index (χ0v) is 11.5. The summed E-state index contributed by atoms with van der Waals surface area (Å²) < 4.78 is 2.28. The molecule has 2 aromatic heterocycles. The molecule has 0 bridgehead atoms. The predicted molar refractivity (Wildman–Crippen MR) is 71.5 cm³/mol. The lowest BCUT2D eigenvalue weighted by molar-refractivity contribution is 0.0821. The minimum Gasteiger partial charge on any atom is -0.396 e. The number of amides is 1. The summed E-state index contributed by atoms with van der Waals surface area (Å²) in [5.74, 6) is 0.334. The number of nitrogens with zero attached hydrogens (tertiary/aromatic N) is 4. The van der Waals surface area contributed by atoms with E-state index in [4.69, 9.17) is 5.73 Å². The molecule has 1 amide bonds. The maximum Gasteiger partial charge on any atom is 0.273 e. The lowest BCUT2D eigenvalue weighted by atomic mass is 10.4. The van der Waals surface area contributed by atoms with Gasteiger partial charge >= 0.3 is 0 Å². The van der Waals surface area contributed by atoms with Crippen molar-refractivity contribution in [3.8, 4) is 5.82 Å². The first kappa shape index (κ1) is 12.6.